The second-order valence-corrected chi connectivity index (χ2v) is 10.6. The topological polar surface area (TPSA) is 101 Å². The van der Waals surface area contributed by atoms with E-state index in [2.05, 4.69) is 15.0 Å². The Labute approximate surface area is 180 Å². The zero-order valence-electron chi connectivity index (χ0n) is 15.6. The first-order valence-electron chi connectivity index (χ1n) is 9.32. The molecule has 1 amide bonds. The molecule has 0 bridgehead atoms. The number of carbonyl (C=O) groups excluding carboxylic acids is 1. The van der Waals surface area contributed by atoms with Crippen molar-refractivity contribution in [3.05, 3.63) is 58.5 Å². The van der Waals surface area contributed by atoms with Gasteiger partial charge < -0.3 is 9.73 Å². The number of hydrogen-bond donors (Lipinski definition) is 2. The summed E-state index contributed by atoms with van der Waals surface area (Å²) in [6.07, 6.45) is 1.67. The Hall–Kier alpha value is -2.53. The van der Waals surface area contributed by atoms with Crippen molar-refractivity contribution in [3.8, 4) is 10.8 Å². The molecule has 30 heavy (non-hydrogen) atoms. The number of benzene rings is 1. The van der Waals surface area contributed by atoms with Crippen molar-refractivity contribution >= 4 is 48.8 Å². The van der Waals surface area contributed by atoms with E-state index in [0.717, 1.165) is 39.4 Å². The molecular formula is C20H17N3O4S3. The van der Waals surface area contributed by atoms with Gasteiger partial charge in [0.1, 0.15) is 15.5 Å². The van der Waals surface area contributed by atoms with Gasteiger partial charge in [-0.25, -0.2) is 18.1 Å². The molecule has 1 saturated carbocycles. The maximum absolute atomic E-state index is 12.6. The van der Waals surface area contributed by atoms with Crippen LogP contribution in [0.2, 0.25) is 0 Å². The maximum Gasteiger partial charge on any atom is 0.263 e. The lowest BCUT2D eigenvalue weighted by Gasteiger charge is -2.07. The van der Waals surface area contributed by atoms with Gasteiger partial charge in [0.25, 0.3) is 5.91 Å². The zero-order chi connectivity index (χ0) is 20.7. The van der Waals surface area contributed by atoms with Gasteiger partial charge in [0.15, 0.2) is 10.8 Å². The van der Waals surface area contributed by atoms with Crippen molar-refractivity contribution in [1.29, 1.82) is 0 Å². The quantitative estimate of drug-likeness (QED) is 0.435. The van der Waals surface area contributed by atoms with E-state index in [0.29, 0.717) is 11.5 Å². The number of amides is 1. The Bertz CT molecular complexity index is 1300. The third-order valence-electron chi connectivity index (χ3n) is 4.61. The summed E-state index contributed by atoms with van der Waals surface area (Å²) in [7, 11) is -3.69. The minimum Gasteiger partial charge on any atom is -0.457 e. The molecule has 1 aliphatic carbocycles. The van der Waals surface area contributed by atoms with Crippen LogP contribution in [0.3, 0.4) is 0 Å². The fourth-order valence-electron chi connectivity index (χ4n) is 2.97. The first kappa shape index (κ1) is 19.4. The predicted molar refractivity (Wildman–Crippen MR) is 116 cm³/mol. The number of aromatic nitrogens is 1. The lowest BCUT2D eigenvalue weighted by atomic mass is 10.3. The molecule has 0 saturated heterocycles. The largest absolute Gasteiger partial charge is 0.457 e. The van der Waals surface area contributed by atoms with Gasteiger partial charge in [0.2, 0.25) is 10.0 Å². The smallest absolute Gasteiger partial charge is 0.263 e. The van der Waals surface area contributed by atoms with Crippen LogP contribution in [-0.4, -0.2) is 25.4 Å². The van der Waals surface area contributed by atoms with Crippen LogP contribution in [0.4, 0.5) is 0 Å². The van der Waals surface area contributed by atoms with Crippen LogP contribution in [0.25, 0.3) is 21.0 Å². The minimum absolute atomic E-state index is 0.0186. The lowest BCUT2D eigenvalue weighted by Crippen LogP contribution is -2.29. The van der Waals surface area contributed by atoms with E-state index < -0.39 is 15.9 Å². The number of fused-ring (bicyclic) bond motifs is 1. The third-order valence-corrected chi connectivity index (χ3v) is 8.27. The molecule has 10 heteroatoms. The first-order chi connectivity index (χ1) is 14.5. The SMILES string of the molecule is O=C(NCc1ccc(-c2nc3ccccc3s2)o1)c1sccc1S(=O)(=O)NC1CC1. The standard InChI is InChI=1S/C20H17N3O4S3/c24-19(18-17(9-10-28-18)30(25,26)23-12-5-6-12)21-11-13-7-8-15(27-13)20-22-14-3-1-2-4-16(14)29-20/h1-4,7-10,12,23H,5-6,11H2,(H,21,24). The minimum atomic E-state index is -3.69. The molecule has 3 heterocycles. The van der Waals surface area contributed by atoms with Gasteiger partial charge in [0, 0.05) is 6.04 Å². The Kier molecular flexibility index (Phi) is 4.94. The summed E-state index contributed by atoms with van der Waals surface area (Å²) in [5, 5.41) is 5.12. The molecule has 7 nitrogen and oxygen atoms in total. The Morgan fingerprint density at radius 2 is 2.00 bits per heavy atom. The van der Waals surface area contributed by atoms with Crippen molar-refractivity contribution in [2.24, 2.45) is 0 Å². The number of furan rings is 1. The summed E-state index contributed by atoms with van der Waals surface area (Å²) in [5.41, 5.74) is 0.912. The average molecular weight is 460 g/mol. The van der Waals surface area contributed by atoms with Gasteiger partial charge in [-0.15, -0.1) is 22.7 Å². The highest BCUT2D eigenvalue weighted by Gasteiger charge is 2.31. The first-order valence-corrected chi connectivity index (χ1v) is 12.5. The van der Waals surface area contributed by atoms with Gasteiger partial charge in [-0.2, -0.15) is 0 Å². The molecule has 0 spiro atoms. The van der Waals surface area contributed by atoms with Crippen LogP contribution >= 0.6 is 22.7 Å². The van der Waals surface area contributed by atoms with Gasteiger partial charge in [-0.05, 0) is 48.6 Å². The van der Waals surface area contributed by atoms with Gasteiger partial charge in [0.05, 0.1) is 16.8 Å². The van der Waals surface area contributed by atoms with E-state index in [1.165, 1.54) is 17.4 Å². The molecule has 1 aromatic carbocycles. The summed E-state index contributed by atoms with van der Waals surface area (Å²) < 4.78 is 34.5. The summed E-state index contributed by atoms with van der Waals surface area (Å²) in [4.78, 5) is 17.3. The summed E-state index contributed by atoms with van der Waals surface area (Å²) in [6, 6.07) is 12.9. The number of thiophene rings is 1. The number of carbonyl (C=O) groups is 1. The van der Waals surface area contributed by atoms with Crippen LogP contribution < -0.4 is 10.0 Å². The molecule has 0 radical (unpaired) electrons. The van der Waals surface area contributed by atoms with E-state index in [1.807, 2.05) is 30.3 Å². The predicted octanol–water partition coefficient (Wildman–Crippen LogP) is 3.99. The van der Waals surface area contributed by atoms with Gasteiger partial charge in [-0.1, -0.05) is 12.1 Å². The molecule has 0 atom stereocenters. The molecule has 4 aromatic rings. The molecule has 0 aliphatic heterocycles. The Morgan fingerprint density at radius 3 is 2.80 bits per heavy atom. The molecule has 2 N–H and O–H groups in total. The van der Waals surface area contributed by atoms with E-state index in [-0.39, 0.29) is 22.4 Å². The van der Waals surface area contributed by atoms with Crippen LogP contribution in [0, 0.1) is 0 Å². The highest BCUT2D eigenvalue weighted by Crippen LogP contribution is 2.31. The monoisotopic (exact) mass is 459 g/mol. The van der Waals surface area contributed by atoms with Crippen LogP contribution in [0.1, 0.15) is 28.3 Å². The fourth-order valence-corrected chi connectivity index (χ4v) is 6.55. The molecule has 3 aromatic heterocycles. The number of hydrogen-bond acceptors (Lipinski definition) is 7. The van der Waals surface area contributed by atoms with Gasteiger partial charge >= 0.3 is 0 Å². The van der Waals surface area contributed by atoms with Crippen LogP contribution in [0.5, 0.6) is 0 Å². The third kappa shape index (κ3) is 3.91. The summed E-state index contributed by atoms with van der Waals surface area (Å²) in [6.45, 7) is 0.150. The zero-order valence-corrected chi connectivity index (χ0v) is 18.1. The molecule has 5 rings (SSSR count). The van der Waals surface area contributed by atoms with Crippen LogP contribution in [-0.2, 0) is 16.6 Å². The number of thiazole rings is 1. The van der Waals surface area contributed by atoms with E-state index in [4.69, 9.17) is 4.42 Å². The van der Waals surface area contributed by atoms with Crippen molar-refractivity contribution in [1.82, 2.24) is 15.0 Å². The highest BCUT2D eigenvalue weighted by atomic mass is 32.2. The fraction of sp³-hybridized carbons (Fsp3) is 0.200. The summed E-state index contributed by atoms with van der Waals surface area (Å²) in [5.74, 6) is 0.752. The van der Waals surface area contributed by atoms with E-state index in [1.54, 1.807) is 11.4 Å². The number of nitrogens with one attached hydrogen (secondary N) is 2. The van der Waals surface area contributed by atoms with Crippen molar-refractivity contribution in [2.75, 3.05) is 0 Å². The number of para-hydroxylation sites is 1. The average Bonchev–Trinajstić information content (AvgIpc) is 3.18. The van der Waals surface area contributed by atoms with Gasteiger partial charge in [-0.3, -0.25) is 4.79 Å². The lowest BCUT2D eigenvalue weighted by molar-refractivity contribution is 0.0949. The number of sulfonamides is 1. The second kappa shape index (κ2) is 7.62. The van der Waals surface area contributed by atoms with Crippen LogP contribution in [0.15, 0.2) is 57.2 Å². The van der Waals surface area contributed by atoms with Crippen molar-refractivity contribution in [2.45, 2.75) is 30.3 Å². The maximum atomic E-state index is 12.6. The normalized spacial score (nSPS) is 14.3. The highest BCUT2D eigenvalue weighted by molar-refractivity contribution is 7.89. The Morgan fingerprint density at radius 1 is 1.17 bits per heavy atom. The van der Waals surface area contributed by atoms with E-state index >= 15 is 0 Å². The molecule has 0 unspecified atom stereocenters. The molecule has 1 aliphatic rings. The Balaban J connectivity index is 1.28. The molecule has 1 fully saturated rings. The number of rotatable bonds is 7. The second-order valence-electron chi connectivity index (χ2n) is 6.94. The van der Waals surface area contributed by atoms with Crippen molar-refractivity contribution < 1.29 is 17.6 Å². The van der Waals surface area contributed by atoms with E-state index in [9.17, 15) is 13.2 Å². The molecule has 154 valence electrons. The van der Waals surface area contributed by atoms with Crippen molar-refractivity contribution in [3.63, 3.8) is 0 Å². The molecular weight excluding hydrogens is 442 g/mol. The summed E-state index contributed by atoms with van der Waals surface area (Å²) >= 11 is 2.64. The number of nitrogens with zero attached hydrogens (tertiary/aromatic N) is 1.